The van der Waals surface area contributed by atoms with Crippen molar-refractivity contribution in [3.05, 3.63) is 35.4 Å². The first kappa shape index (κ1) is 9.27. The number of aromatic carboxylic acids is 1. The lowest BCUT2D eigenvalue weighted by atomic mass is 10.1. The fourth-order valence-corrected chi connectivity index (χ4v) is 0.832. The molecule has 0 aromatic heterocycles. The zero-order chi connectivity index (χ0) is 9.68. The van der Waals surface area contributed by atoms with Crippen LogP contribution in [0.1, 0.15) is 15.9 Å². The van der Waals surface area contributed by atoms with Crippen molar-refractivity contribution in [2.45, 2.75) is 0 Å². The second-order valence-corrected chi connectivity index (χ2v) is 2.32. The van der Waals surface area contributed by atoms with Gasteiger partial charge in [0, 0.05) is 5.56 Å². The molecule has 0 spiro atoms. The van der Waals surface area contributed by atoms with E-state index in [0.29, 0.717) is 5.56 Å². The van der Waals surface area contributed by atoms with Crippen LogP contribution in [0.3, 0.4) is 0 Å². The zero-order valence-corrected chi connectivity index (χ0v) is 6.75. The first-order valence-corrected chi connectivity index (χ1v) is 3.62. The molecule has 1 N–H and O–H groups in total. The maximum absolute atomic E-state index is 11.6. The Hall–Kier alpha value is -1.82. The van der Waals surface area contributed by atoms with Gasteiger partial charge < -0.3 is 5.11 Å². The predicted molar refractivity (Wildman–Crippen MR) is 46.3 cm³/mol. The molecule has 0 saturated carbocycles. The molecular weight excluding hydrogens is 171 g/mol. The summed E-state index contributed by atoms with van der Waals surface area (Å²) in [7, 11) is 0. The van der Waals surface area contributed by atoms with Crippen LogP contribution < -0.4 is 0 Å². The van der Waals surface area contributed by atoms with Crippen LogP contribution in [0.15, 0.2) is 24.3 Å². The smallest absolute Gasteiger partial charge is 0.335 e. The lowest BCUT2D eigenvalue weighted by Gasteiger charge is -1.92. The second kappa shape index (κ2) is 4.27. The standard InChI is InChI=1S/C10H7FO2/c11-7-1-2-8-3-5-9(6-4-8)10(12)13/h3-6H,7H2,(H,12,13). The molecule has 0 unspecified atom stereocenters. The lowest BCUT2D eigenvalue weighted by Crippen LogP contribution is -1.94. The molecule has 0 saturated heterocycles. The molecule has 13 heavy (non-hydrogen) atoms. The van der Waals surface area contributed by atoms with Crippen LogP contribution >= 0.6 is 0 Å². The molecule has 1 aromatic carbocycles. The number of benzene rings is 1. The average Bonchev–Trinajstić information content (AvgIpc) is 2.15. The highest BCUT2D eigenvalue weighted by molar-refractivity contribution is 5.87. The van der Waals surface area contributed by atoms with E-state index in [1.54, 1.807) is 12.1 Å². The Kier molecular flexibility index (Phi) is 3.04. The Morgan fingerprint density at radius 2 is 2.00 bits per heavy atom. The molecule has 0 aliphatic heterocycles. The normalized spacial score (nSPS) is 8.69. The SMILES string of the molecule is O=C(O)c1ccc(C#CCF)cc1. The number of rotatable bonds is 1. The predicted octanol–water partition coefficient (Wildman–Crippen LogP) is 1.71. The topological polar surface area (TPSA) is 37.3 Å². The second-order valence-electron chi connectivity index (χ2n) is 2.32. The molecule has 2 nitrogen and oxygen atoms in total. The summed E-state index contributed by atoms with van der Waals surface area (Å²) in [4.78, 5) is 10.4. The fourth-order valence-electron chi connectivity index (χ4n) is 0.832. The van der Waals surface area contributed by atoms with E-state index < -0.39 is 12.6 Å². The van der Waals surface area contributed by atoms with Crippen molar-refractivity contribution in [3.63, 3.8) is 0 Å². The van der Waals surface area contributed by atoms with Crippen LogP contribution in [-0.4, -0.2) is 17.8 Å². The van der Waals surface area contributed by atoms with Crippen molar-refractivity contribution in [1.29, 1.82) is 0 Å². The first-order chi connectivity index (χ1) is 6.24. The van der Waals surface area contributed by atoms with Crippen molar-refractivity contribution in [2.24, 2.45) is 0 Å². The Bertz CT molecular complexity index is 357. The number of carboxylic acid groups (broad SMARTS) is 1. The van der Waals surface area contributed by atoms with Crippen LogP contribution in [-0.2, 0) is 0 Å². The average molecular weight is 178 g/mol. The summed E-state index contributed by atoms with van der Waals surface area (Å²) >= 11 is 0. The maximum atomic E-state index is 11.6. The summed E-state index contributed by atoms with van der Waals surface area (Å²) < 4.78 is 11.6. The molecule has 0 fully saturated rings. The van der Waals surface area contributed by atoms with E-state index in [4.69, 9.17) is 5.11 Å². The van der Waals surface area contributed by atoms with Gasteiger partial charge in [-0.25, -0.2) is 9.18 Å². The number of hydrogen-bond acceptors (Lipinski definition) is 1. The van der Waals surface area contributed by atoms with Gasteiger partial charge in [0.15, 0.2) is 6.67 Å². The Morgan fingerprint density at radius 3 is 2.46 bits per heavy atom. The third kappa shape index (κ3) is 2.60. The van der Waals surface area contributed by atoms with Gasteiger partial charge in [0.1, 0.15) is 0 Å². The molecule has 0 amide bonds. The van der Waals surface area contributed by atoms with E-state index in [-0.39, 0.29) is 5.56 Å². The number of halogens is 1. The first-order valence-electron chi connectivity index (χ1n) is 3.62. The van der Waals surface area contributed by atoms with Gasteiger partial charge in [-0.2, -0.15) is 0 Å². The van der Waals surface area contributed by atoms with Gasteiger partial charge in [-0.15, -0.1) is 0 Å². The van der Waals surface area contributed by atoms with Gasteiger partial charge in [0.2, 0.25) is 0 Å². The highest BCUT2D eigenvalue weighted by atomic mass is 19.1. The van der Waals surface area contributed by atoms with Gasteiger partial charge in [0.25, 0.3) is 0 Å². The molecular formula is C10H7FO2. The van der Waals surface area contributed by atoms with Gasteiger partial charge >= 0.3 is 5.97 Å². The monoisotopic (exact) mass is 178 g/mol. The molecule has 3 heteroatoms. The number of carboxylic acids is 1. The minimum absolute atomic E-state index is 0.200. The van der Waals surface area contributed by atoms with E-state index in [1.807, 2.05) is 0 Å². The molecule has 1 aromatic rings. The van der Waals surface area contributed by atoms with Crippen LogP contribution in [0.25, 0.3) is 0 Å². The summed E-state index contributed by atoms with van der Waals surface area (Å²) in [5.74, 6) is 3.81. The molecule has 0 atom stereocenters. The van der Waals surface area contributed by atoms with Crippen molar-refractivity contribution >= 4 is 5.97 Å². The van der Waals surface area contributed by atoms with Gasteiger partial charge in [-0.3, -0.25) is 0 Å². The Balaban J connectivity index is 2.87. The summed E-state index contributed by atoms with van der Waals surface area (Å²) in [6, 6.07) is 5.97. The van der Waals surface area contributed by atoms with Crippen molar-refractivity contribution in [1.82, 2.24) is 0 Å². The molecule has 0 aliphatic rings. The maximum Gasteiger partial charge on any atom is 0.335 e. The number of hydrogen-bond donors (Lipinski definition) is 1. The van der Waals surface area contributed by atoms with Crippen LogP contribution in [0.2, 0.25) is 0 Å². The van der Waals surface area contributed by atoms with Gasteiger partial charge in [0.05, 0.1) is 5.56 Å². The third-order valence-electron chi connectivity index (χ3n) is 1.43. The molecule has 0 bridgehead atoms. The van der Waals surface area contributed by atoms with Crippen LogP contribution in [0, 0.1) is 11.8 Å². The number of carbonyl (C=O) groups is 1. The molecule has 1 rings (SSSR count). The van der Waals surface area contributed by atoms with Gasteiger partial charge in [-0.1, -0.05) is 11.8 Å². The summed E-state index contributed by atoms with van der Waals surface area (Å²) in [6.07, 6.45) is 0. The van der Waals surface area contributed by atoms with Gasteiger partial charge in [-0.05, 0) is 24.3 Å². The highest BCUT2D eigenvalue weighted by Gasteiger charge is 1.99. The molecule has 0 heterocycles. The minimum atomic E-state index is -0.981. The van der Waals surface area contributed by atoms with Crippen LogP contribution in [0.4, 0.5) is 4.39 Å². The minimum Gasteiger partial charge on any atom is -0.478 e. The van der Waals surface area contributed by atoms with Crippen LogP contribution in [0.5, 0.6) is 0 Å². The van der Waals surface area contributed by atoms with Crippen molar-refractivity contribution in [2.75, 3.05) is 6.67 Å². The van der Waals surface area contributed by atoms with E-state index in [2.05, 4.69) is 11.8 Å². The Morgan fingerprint density at radius 1 is 1.38 bits per heavy atom. The summed E-state index contributed by atoms with van der Waals surface area (Å²) in [6.45, 7) is -0.694. The summed E-state index contributed by atoms with van der Waals surface area (Å²) in [5, 5.41) is 8.56. The Labute approximate surface area is 75.0 Å². The number of alkyl halides is 1. The molecule has 0 radical (unpaired) electrons. The fraction of sp³-hybridized carbons (Fsp3) is 0.100. The quantitative estimate of drug-likeness (QED) is 0.664. The third-order valence-corrected chi connectivity index (χ3v) is 1.43. The van der Waals surface area contributed by atoms with E-state index >= 15 is 0 Å². The largest absolute Gasteiger partial charge is 0.478 e. The zero-order valence-electron chi connectivity index (χ0n) is 6.75. The highest BCUT2D eigenvalue weighted by Crippen LogP contribution is 2.02. The van der Waals surface area contributed by atoms with Crippen molar-refractivity contribution in [3.8, 4) is 11.8 Å². The molecule has 0 aliphatic carbocycles. The van der Waals surface area contributed by atoms with E-state index in [9.17, 15) is 9.18 Å². The summed E-state index contributed by atoms with van der Waals surface area (Å²) in [5.41, 5.74) is 0.813. The lowest BCUT2D eigenvalue weighted by molar-refractivity contribution is 0.0697. The van der Waals surface area contributed by atoms with E-state index in [1.165, 1.54) is 12.1 Å². The molecule has 66 valence electrons. The van der Waals surface area contributed by atoms with Crippen molar-refractivity contribution < 1.29 is 14.3 Å². The van der Waals surface area contributed by atoms with E-state index in [0.717, 1.165) is 0 Å².